The Labute approximate surface area is 45.1 Å². The highest BCUT2D eigenvalue weighted by Gasteiger charge is 2.16. The molecule has 0 aliphatic rings. The van der Waals surface area contributed by atoms with Crippen molar-refractivity contribution in [3.63, 3.8) is 0 Å². The summed E-state index contributed by atoms with van der Waals surface area (Å²) in [4.78, 5) is 15.7. The van der Waals surface area contributed by atoms with Crippen LogP contribution in [0.2, 0.25) is 0 Å². The number of phosphoric ester groups is 1. The van der Waals surface area contributed by atoms with Gasteiger partial charge >= 0.3 is 7.82 Å². The van der Waals surface area contributed by atoms with Crippen LogP contribution >= 0.6 is 7.82 Å². The zero-order chi connectivity index (χ0) is 6.78. The predicted octanol–water partition coefficient (Wildman–Crippen LogP) is -1.67. The van der Waals surface area contributed by atoms with Crippen LogP contribution in [0.4, 0.5) is 0 Å². The van der Waals surface area contributed by atoms with Crippen LogP contribution < -0.4 is 5.73 Å². The Morgan fingerprint density at radius 2 is 2.00 bits per heavy atom. The average molecular weight is 143 g/mol. The van der Waals surface area contributed by atoms with E-state index in [1.54, 1.807) is 0 Å². The first-order chi connectivity index (χ1) is 3.42. The number of rotatable bonds is 2. The minimum absolute atomic E-state index is 1.92. The molecule has 0 heterocycles. The fourth-order valence-electron chi connectivity index (χ4n) is 0.141. The SMILES string of the molecule is NC(O)OP(=O)(O)O. The minimum Gasteiger partial charge on any atom is -0.356 e. The zero-order valence-corrected chi connectivity index (χ0v) is 4.65. The maximum Gasteiger partial charge on any atom is 0.472 e. The quantitative estimate of drug-likeness (QED) is 0.271. The Morgan fingerprint density at radius 3 is 2.00 bits per heavy atom. The molecule has 0 amide bonds. The molecule has 0 saturated carbocycles. The summed E-state index contributed by atoms with van der Waals surface area (Å²) in [6.07, 6.45) is -1.92. The maximum atomic E-state index is 9.67. The van der Waals surface area contributed by atoms with Gasteiger partial charge in [-0.3, -0.25) is 5.73 Å². The molecule has 0 spiro atoms. The van der Waals surface area contributed by atoms with E-state index in [9.17, 15) is 4.57 Å². The van der Waals surface area contributed by atoms with E-state index < -0.39 is 14.2 Å². The Kier molecular flexibility index (Phi) is 2.55. The summed E-state index contributed by atoms with van der Waals surface area (Å²) in [6.45, 7) is 0. The fourth-order valence-corrected chi connectivity index (χ4v) is 0.422. The third kappa shape index (κ3) is 6.03. The van der Waals surface area contributed by atoms with E-state index in [2.05, 4.69) is 10.3 Å². The second-order valence-electron chi connectivity index (χ2n) is 0.987. The fraction of sp³-hybridized carbons (Fsp3) is 1.00. The summed E-state index contributed by atoms with van der Waals surface area (Å²) in [7, 11) is -4.60. The van der Waals surface area contributed by atoms with Gasteiger partial charge in [-0.2, -0.15) is 0 Å². The van der Waals surface area contributed by atoms with E-state index in [1.807, 2.05) is 0 Å². The van der Waals surface area contributed by atoms with Crippen LogP contribution in [0.15, 0.2) is 0 Å². The molecule has 0 aromatic carbocycles. The van der Waals surface area contributed by atoms with Crippen molar-refractivity contribution >= 4 is 7.82 Å². The van der Waals surface area contributed by atoms with Crippen LogP contribution in [0, 0.1) is 0 Å². The highest BCUT2D eigenvalue weighted by atomic mass is 31.2. The Hall–Kier alpha value is 0.0300. The number of nitrogens with two attached hydrogens (primary N) is 1. The van der Waals surface area contributed by atoms with Crippen LogP contribution in [0.3, 0.4) is 0 Å². The highest BCUT2D eigenvalue weighted by Crippen LogP contribution is 2.35. The smallest absolute Gasteiger partial charge is 0.356 e. The first kappa shape index (κ1) is 8.03. The summed E-state index contributed by atoms with van der Waals surface area (Å²) >= 11 is 0. The van der Waals surface area contributed by atoms with Crippen LogP contribution in [0.1, 0.15) is 0 Å². The summed E-state index contributed by atoms with van der Waals surface area (Å²) in [5.41, 5.74) is 4.42. The first-order valence-electron chi connectivity index (χ1n) is 1.59. The van der Waals surface area contributed by atoms with Gasteiger partial charge in [-0.05, 0) is 0 Å². The van der Waals surface area contributed by atoms with Gasteiger partial charge in [0.2, 0.25) is 6.41 Å². The van der Waals surface area contributed by atoms with Gasteiger partial charge in [-0.25, -0.2) is 9.09 Å². The molecule has 1 unspecified atom stereocenters. The molecule has 0 aromatic heterocycles. The molecule has 5 N–H and O–H groups in total. The number of aliphatic hydroxyl groups is 1. The minimum atomic E-state index is -4.60. The molecule has 0 bridgehead atoms. The topological polar surface area (TPSA) is 113 Å². The number of hydrogen-bond acceptors (Lipinski definition) is 4. The van der Waals surface area contributed by atoms with Gasteiger partial charge in [0.25, 0.3) is 0 Å². The molecule has 0 rings (SSSR count). The lowest BCUT2D eigenvalue weighted by Gasteiger charge is -2.05. The van der Waals surface area contributed by atoms with Gasteiger partial charge < -0.3 is 14.9 Å². The Morgan fingerprint density at radius 1 is 1.62 bits per heavy atom. The van der Waals surface area contributed by atoms with Gasteiger partial charge in [0.1, 0.15) is 0 Å². The van der Waals surface area contributed by atoms with Crippen molar-refractivity contribution in [1.82, 2.24) is 0 Å². The normalized spacial score (nSPS) is 16.0. The van der Waals surface area contributed by atoms with E-state index in [4.69, 9.17) is 14.9 Å². The third-order valence-electron chi connectivity index (χ3n) is 0.245. The summed E-state index contributed by atoms with van der Waals surface area (Å²) in [5, 5.41) is 7.95. The second kappa shape index (κ2) is 2.54. The molecule has 0 aliphatic heterocycles. The average Bonchev–Trinajstić information content (AvgIpc) is 1.21. The molecule has 0 aliphatic carbocycles. The molecule has 0 aromatic rings. The molecule has 7 heteroatoms. The summed E-state index contributed by atoms with van der Waals surface area (Å²) in [6, 6.07) is 0. The highest BCUT2D eigenvalue weighted by molar-refractivity contribution is 7.46. The van der Waals surface area contributed by atoms with E-state index >= 15 is 0 Å². The van der Waals surface area contributed by atoms with Crippen molar-refractivity contribution in [2.75, 3.05) is 0 Å². The van der Waals surface area contributed by atoms with Crippen molar-refractivity contribution < 1.29 is 24.0 Å². The van der Waals surface area contributed by atoms with Crippen molar-refractivity contribution in [2.45, 2.75) is 6.41 Å². The molecular weight excluding hydrogens is 137 g/mol. The van der Waals surface area contributed by atoms with Crippen molar-refractivity contribution in [2.24, 2.45) is 5.73 Å². The lowest BCUT2D eigenvalue weighted by Crippen LogP contribution is -2.20. The van der Waals surface area contributed by atoms with E-state index in [-0.39, 0.29) is 0 Å². The first-order valence-corrected chi connectivity index (χ1v) is 3.12. The monoisotopic (exact) mass is 143 g/mol. The van der Waals surface area contributed by atoms with Gasteiger partial charge in [-0.15, -0.1) is 0 Å². The van der Waals surface area contributed by atoms with Crippen molar-refractivity contribution in [3.8, 4) is 0 Å². The van der Waals surface area contributed by atoms with Crippen LogP contribution in [-0.4, -0.2) is 21.3 Å². The molecule has 0 radical (unpaired) electrons. The second-order valence-corrected chi connectivity index (χ2v) is 2.18. The molecule has 6 nitrogen and oxygen atoms in total. The Balaban J connectivity index is 3.56. The standard InChI is InChI=1S/CH6NO5P/c2-1(3)7-8(4,5)6/h1,3H,2H2,(H2,4,5,6). The predicted molar refractivity (Wildman–Crippen MR) is 23.3 cm³/mol. The maximum absolute atomic E-state index is 9.67. The molecule has 0 saturated heterocycles. The largest absolute Gasteiger partial charge is 0.472 e. The summed E-state index contributed by atoms with van der Waals surface area (Å²) in [5.74, 6) is 0. The van der Waals surface area contributed by atoms with Crippen molar-refractivity contribution in [3.05, 3.63) is 0 Å². The van der Waals surface area contributed by atoms with E-state index in [0.29, 0.717) is 0 Å². The number of phosphoric acid groups is 1. The number of aliphatic hydroxyl groups excluding tert-OH is 1. The zero-order valence-electron chi connectivity index (χ0n) is 3.76. The van der Waals surface area contributed by atoms with Gasteiger partial charge in [0.15, 0.2) is 0 Å². The number of hydrogen-bond donors (Lipinski definition) is 4. The lowest BCUT2D eigenvalue weighted by molar-refractivity contribution is -0.0304. The van der Waals surface area contributed by atoms with Crippen LogP contribution in [-0.2, 0) is 9.09 Å². The van der Waals surface area contributed by atoms with E-state index in [1.165, 1.54) is 0 Å². The third-order valence-corrected chi connectivity index (χ3v) is 0.736. The van der Waals surface area contributed by atoms with Gasteiger partial charge in [-0.1, -0.05) is 0 Å². The molecular formula is CH6NO5P. The summed E-state index contributed by atoms with van der Waals surface area (Å²) < 4.78 is 13.1. The lowest BCUT2D eigenvalue weighted by atomic mass is 11.2. The molecule has 1 atom stereocenters. The van der Waals surface area contributed by atoms with Crippen LogP contribution in [0.25, 0.3) is 0 Å². The van der Waals surface area contributed by atoms with Gasteiger partial charge in [0.05, 0.1) is 0 Å². The molecule has 50 valence electrons. The molecule has 0 fully saturated rings. The van der Waals surface area contributed by atoms with Crippen molar-refractivity contribution in [1.29, 1.82) is 0 Å². The Bertz CT molecular complexity index is 105. The molecule has 8 heavy (non-hydrogen) atoms. The van der Waals surface area contributed by atoms with Crippen LogP contribution in [0.5, 0.6) is 0 Å². The van der Waals surface area contributed by atoms with E-state index in [0.717, 1.165) is 0 Å². The van der Waals surface area contributed by atoms with Gasteiger partial charge in [0, 0.05) is 0 Å².